The molecule has 23 heavy (non-hydrogen) atoms. The van der Waals surface area contributed by atoms with Crippen molar-refractivity contribution in [3.8, 4) is 0 Å². The number of aromatic nitrogens is 1. The molecule has 0 bridgehead atoms. The van der Waals surface area contributed by atoms with E-state index in [-0.39, 0.29) is 5.69 Å². The van der Waals surface area contributed by atoms with Crippen molar-refractivity contribution in [3.05, 3.63) is 41.3 Å². The molecule has 1 aliphatic heterocycles. The van der Waals surface area contributed by atoms with E-state index in [4.69, 9.17) is 4.52 Å². The second kappa shape index (κ2) is 5.69. The summed E-state index contributed by atoms with van der Waals surface area (Å²) in [5.74, 6) is 0.146. The van der Waals surface area contributed by atoms with Crippen LogP contribution < -0.4 is 9.62 Å². The number of hydrogen-bond donors (Lipinski definition) is 1. The van der Waals surface area contributed by atoms with Crippen molar-refractivity contribution in [2.75, 3.05) is 22.4 Å². The quantitative estimate of drug-likeness (QED) is 0.925. The van der Waals surface area contributed by atoms with Gasteiger partial charge in [0, 0.05) is 18.3 Å². The fourth-order valence-electron chi connectivity index (χ4n) is 2.63. The van der Waals surface area contributed by atoms with Gasteiger partial charge in [0.05, 0.1) is 11.9 Å². The Morgan fingerprint density at radius 1 is 1.35 bits per heavy atom. The van der Waals surface area contributed by atoms with E-state index in [1.54, 1.807) is 19.1 Å². The molecule has 1 amide bonds. The van der Waals surface area contributed by atoms with Crippen molar-refractivity contribution < 1.29 is 17.7 Å². The van der Waals surface area contributed by atoms with Crippen LogP contribution in [0.25, 0.3) is 0 Å². The average Bonchev–Trinajstić information content (AvgIpc) is 2.92. The molecule has 2 heterocycles. The molecule has 7 nitrogen and oxygen atoms in total. The number of carbonyl (C=O) groups is 1. The van der Waals surface area contributed by atoms with Crippen LogP contribution in [0, 0.1) is 6.92 Å². The summed E-state index contributed by atoms with van der Waals surface area (Å²) in [6.45, 7) is 2.15. The summed E-state index contributed by atoms with van der Waals surface area (Å²) in [7, 11) is -3.34. The first kappa shape index (κ1) is 15.5. The SMILES string of the molecule is Cc1cc(C(=O)Nc2ccc3c(c2)N(S(C)(=O)=O)CCC3)no1. The third kappa shape index (κ3) is 3.21. The standard InChI is InChI=1S/C15H17N3O4S/c1-10-8-13(17-22-10)15(19)16-12-6-5-11-4-3-7-18(14(11)9-12)23(2,20)21/h5-6,8-9H,3-4,7H2,1-2H3,(H,16,19). The Bertz CT molecular complexity index is 857. The molecule has 2 aromatic rings. The molecular weight excluding hydrogens is 318 g/mol. The zero-order valence-corrected chi connectivity index (χ0v) is 13.7. The number of rotatable bonds is 3. The normalized spacial score (nSPS) is 14.4. The van der Waals surface area contributed by atoms with Gasteiger partial charge < -0.3 is 9.84 Å². The molecule has 122 valence electrons. The van der Waals surface area contributed by atoms with Crippen molar-refractivity contribution in [3.63, 3.8) is 0 Å². The number of nitrogens with one attached hydrogen (secondary N) is 1. The van der Waals surface area contributed by atoms with Crippen LogP contribution in [0.5, 0.6) is 0 Å². The second-order valence-corrected chi connectivity index (χ2v) is 7.47. The summed E-state index contributed by atoms with van der Waals surface area (Å²) >= 11 is 0. The van der Waals surface area contributed by atoms with Crippen LogP contribution in [0.1, 0.15) is 28.2 Å². The topological polar surface area (TPSA) is 92.5 Å². The molecule has 1 aliphatic rings. The maximum atomic E-state index is 12.1. The number of aryl methyl sites for hydroxylation is 2. The number of nitrogens with zero attached hydrogens (tertiary/aromatic N) is 2. The first-order valence-corrected chi connectivity index (χ1v) is 9.05. The fraction of sp³-hybridized carbons (Fsp3) is 0.333. The molecule has 0 unspecified atom stereocenters. The zero-order chi connectivity index (χ0) is 16.6. The number of carbonyl (C=O) groups excluding carboxylic acids is 1. The van der Waals surface area contributed by atoms with Gasteiger partial charge in [0.1, 0.15) is 5.76 Å². The summed E-state index contributed by atoms with van der Waals surface area (Å²) in [6, 6.07) is 6.82. The molecule has 1 aromatic heterocycles. The van der Waals surface area contributed by atoms with Crippen molar-refractivity contribution in [2.45, 2.75) is 19.8 Å². The van der Waals surface area contributed by atoms with Gasteiger partial charge in [-0.1, -0.05) is 11.2 Å². The van der Waals surface area contributed by atoms with Crippen LogP contribution in [0.3, 0.4) is 0 Å². The van der Waals surface area contributed by atoms with Gasteiger partial charge in [0.2, 0.25) is 10.0 Å². The molecule has 0 fully saturated rings. The predicted molar refractivity (Wildman–Crippen MR) is 86.1 cm³/mol. The molecule has 0 spiro atoms. The minimum atomic E-state index is -3.34. The lowest BCUT2D eigenvalue weighted by atomic mass is 10.0. The number of sulfonamides is 1. The highest BCUT2D eigenvalue weighted by Gasteiger charge is 2.24. The number of benzene rings is 1. The predicted octanol–water partition coefficient (Wildman–Crippen LogP) is 1.95. The van der Waals surface area contributed by atoms with Crippen molar-refractivity contribution in [1.29, 1.82) is 0 Å². The van der Waals surface area contributed by atoms with Crippen LogP contribution in [0.4, 0.5) is 11.4 Å². The molecule has 0 saturated heterocycles. The van der Waals surface area contributed by atoms with Crippen molar-refractivity contribution in [2.24, 2.45) is 0 Å². The maximum Gasteiger partial charge on any atom is 0.277 e. The lowest BCUT2D eigenvalue weighted by Gasteiger charge is -2.29. The number of hydrogen-bond acceptors (Lipinski definition) is 5. The molecule has 8 heteroatoms. The lowest BCUT2D eigenvalue weighted by Crippen LogP contribution is -2.34. The molecule has 1 aromatic carbocycles. The van der Waals surface area contributed by atoms with Crippen molar-refractivity contribution in [1.82, 2.24) is 5.16 Å². The molecule has 3 rings (SSSR count). The number of anilines is 2. The number of fused-ring (bicyclic) bond motifs is 1. The highest BCUT2D eigenvalue weighted by Crippen LogP contribution is 2.31. The van der Waals surface area contributed by atoms with Gasteiger partial charge in [-0.25, -0.2) is 8.42 Å². The first-order valence-electron chi connectivity index (χ1n) is 7.20. The third-order valence-corrected chi connectivity index (χ3v) is 4.86. The third-order valence-electron chi connectivity index (χ3n) is 3.68. The summed E-state index contributed by atoms with van der Waals surface area (Å²) in [5.41, 5.74) is 2.27. The molecule has 0 radical (unpaired) electrons. The van der Waals surface area contributed by atoms with Gasteiger partial charge in [-0.05, 0) is 37.5 Å². The maximum absolute atomic E-state index is 12.1. The van der Waals surface area contributed by atoms with E-state index >= 15 is 0 Å². The van der Waals surface area contributed by atoms with Crippen LogP contribution in [0.15, 0.2) is 28.8 Å². The molecule has 0 aliphatic carbocycles. The Hall–Kier alpha value is -2.35. The zero-order valence-electron chi connectivity index (χ0n) is 12.9. The Morgan fingerprint density at radius 2 is 2.13 bits per heavy atom. The molecule has 0 saturated carbocycles. The molecule has 1 N–H and O–H groups in total. The van der Waals surface area contributed by atoms with Gasteiger partial charge in [0.25, 0.3) is 5.91 Å². The lowest BCUT2D eigenvalue weighted by molar-refractivity contribution is 0.101. The van der Waals surface area contributed by atoms with Crippen LogP contribution >= 0.6 is 0 Å². The summed E-state index contributed by atoms with van der Waals surface area (Å²) in [4.78, 5) is 12.1. The van der Waals surface area contributed by atoms with E-state index in [1.165, 1.54) is 16.6 Å². The van der Waals surface area contributed by atoms with Gasteiger partial charge >= 0.3 is 0 Å². The van der Waals surface area contributed by atoms with Crippen LogP contribution in [-0.4, -0.2) is 32.3 Å². The van der Waals surface area contributed by atoms with E-state index in [0.717, 1.165) is 18.4 Å². The van der Waals surface area contributed by atoms with Gasteiger partial charge in [-0.2, -0.15) is 0 Å². The smallest absolute Gasteiger partial charge is 0.277 e. The van der Waals surface area contributed by atoms with Gasteiger partial charge in [-0.3, -0.25) is 9.10 Å². The van der Waals surface area contributed by atoms with Crippen LogP contribution in [0.2, 0.25) is 0 Å². The Morgan fingerprint density at radius 3 is 2.78 bits per heavy atom. The van der Waals surface area contributed by atoms with Crippen LogP contribution in [-0.2, 0) is 16.4 Å². The second-order valence-electron chi connectivity index (χ2n) is 5.56. The summed E-state index contributed by atoms with van der Waals surface area (Å²) < 4.78 is 30.1. The van der Waals surface area contributed by atoms with E-state index < -0.39 is 15.9 Å². The molecule has 0 atom stereocenters. The fourth-order valence-corrected chi connectivity index (χ4v) is 3.62. The van der Waals surface area contributed by atoms with E-state index in [9.17, 15) is 13.2 Å². The highest BCUT2D eigenvalue weighted by atomic mass is 32.2. The monoisotopic (exact) mass is 335 g/mol. The summed E-state index contributed by atoms with van der Waals surface area (Å²) in [6.07, 6.45) is 2.79. The van der Waals surface area contributed by atoms with Gasteiger partial charge in [0.15, 0.2) is 5.69 Å². The Labute approximate surface area is 134 Å². The Kier molecular flexibility index (Phi) is 3.85. The van der Waals surface area contributed by atoms with E-state index in [1.807, 2.05) is 6.07 Å². The van der Waals surface area contributed by atoms with Crippen molar-refractivity contribution >= 4 is 27.3 Å². The van der Waals surface area contributed by atoms with E-state index in [2.05, 4.69) is 10.5 Å². The minimum Gasteiger partial charge on any atom is -0.361 e. The minimum absolute atomic E-state index is 0.181. The number of amides is 1. The largest absolute Gasteiger partial charge is 0.361 e. The summed E-state index contributed by atoms with van der Waals surface area (Å²) in [5, 5.41) is 6.37. The van der Waals surface area contributed by atoms with Gasteiger partial charge in [-0.15, -0.1) is 0 Å². The molecular formula is C15H17N3O4S. The first-order chi connectivity index (χ1) is 10.8. The Balaban J connectivity index is 1.89. The highest BCUT2D eigenvalue weighted by molar-refractivity contribution is 7.92. The average molecular weight is 335 g/mol. The van der Waals surface area contributed by atoms with E-state index in [0.29, 0.717) is 23.7 Å².